The number of allylic oxidation sites excluding steroid dienone is 5. The first-order valence-electron chi connectivity index (χ1n) is 11.3. The second-order valence-electron chi connectivity index (χ2n) is 8.27. The molecular weight excluding hydrogens is 420 g/mol. The number of fused-ring (bicyclic) bond motifs is 4. The molecule has 1 N–H and O–H groups in total. The van der Waals surface area contributed by atoms with Crippen molar-refractivity contribution in [2.75, 3.05) is 5.32 Å². The van der Waals surface area contributed by atoms with Crippen molar-refractivity contribution in [2.24, 2.45) is 0 Å². The molecule has 0 spiro atoms. The van der Waals surface area contributed by atoms with E-state index in [1.165, 1.54) is 10.8 Å². The molecule has 0 atom stereocenters. The van der Waals surface area contributed by atoms with E-state index in [0.717, 1.165) is 34.4 Å². The maximum Gasteiger partial charge on any atom is 0.343 e. The summed E-state index contributed by atoms with van der Waals surface area (Å²) in [5, 5.41) is 5.67. The SMILES string of the molecule is O=C(OC1=CC(Nc2ccccc2)=CN2C3=CC=CCC3=c3ccccc3=C12)c1ccccc1. The van der Waals surface area contributed by atoms with Gasteiger partial charge in [-0.3, -0.25) is 0 Å². The molecule has 4 heteroatoms. The quantitative estimate of drug-likeness (QED) is 0.589. The molecule has 4 nitrogen and oxygen atoms in total. The van der Waals surface area contributed by atoms with Crippen LogP contribution in [0, 0.1) is 0 Å². The van der Waals surface area contributed by atoms with Crippen molar-refractivity contribution in [3.63, 3.8) is 0 Å². The number of ether oxygens (including phenoxy) is 1. The van der Waals surface area contributed by atoms with Crippen molar-refractivity contribution in [1.29, 1.82) is 0 Å². The number of rotatable bonds is 4. The zero-order valence-corrected chi connectivity index (χ0v) is 18.4. The van der Waals surface area contributed by atoms with Crippen LogP contribution in [0.25, 0.3) is 11.3 Å². The Labute approximate surface area is 197 Å². The topological polar surface area (TPSA) is 41.6 Å². The summed E-state index contributed by atoms with van der Waals surface area (Å²) in [5.41, 5.74) is 5.52. The van der Waals surface area contributed by atoms with E-state index in [0.29, 0.717) is 11.3 Å². The van der Waals surface area contributed by atoms with Crippen LogP contribution in [-0.2, 0) is 4.74 Å². The predicted octanol–water partition coefficient (Wildman–Crippen LogP) is 4.81. The van der Waals surface area contributed by atoms with Gasteiger partial charge in [0, 0.05) is 28.9 Å². The smallest absolute Gasteiger partial charge is 0.343 e. The minimum absolute atomic E-state index is 0.384. The Hall–Kier alpha value is -4.57. The van der Waals surface area contributed by atoms with Gasteiger partial charge in [0.25, 0.3) is 0 Å². The molecule has 0 saturated heterocycles. The Morgan fingerprint density at radius 3 is 2.35 bits per heavy atom. The first kappa shape index (κ1) is 20.1. The van der Waals surface area contributed by atoms with Crippen LogP contribution >= 0.6 is 0 Å². The summed E-state index contributed by atoms with van der Waals surface area (Å²) in [6.07, 6.45) is 11.2. The second kappa shape index (κ2) is 8.41. The molecule has 3 aliphatic rings. The Bertz CT molecular complexity index is 1530. The average molecular weight is 443 g/mol. The van der Waals surface area contributed by atoms with Gasteiger partial charge in [-0.1, -0.05) is 72.8 Å². The molecule has 0 unspecified atom stereocenters. The van der Waals surface area contributed by atoms with E-state index in [-0.39, 0.29) is 5.97 Å². The summed E-state index contributed by atoms with van der Waals surface area (Å²) in [4.78, 5) is 15.2. The molecule has 3 aromatic rings. The van der Waals surface area contributed by atoms with Crippen LogP contribution in [0.5, 0.6) is 0 Å². The molecule has 6 rings (SSSR count). The van der Waals surface area contributed by atoms with Crippen molar-refractivity contribution in [3.8, 4) is 0 Å². The number of nitrogens with zero attached hydrogens (tertiary/aromatic N) is 1. The summed E-state index contributed by atoms with van der Waals surface area (Å²) in [7, 11) is 0. The molecule has 3 aromatic carbocycles. The molecule has 0 radical (unpaired) electrons. The van der Waals surface area contributed by atoms with E-state index in [4.69, 9.17) is 4.74 Å². The summed E-state index contributed by atoms with van der Waals surface area (Å²) in [6, 6.07) is 27.4. The molecule has 0 aromatic heterocycles. The molecule has 2 heterocycles. The highest BCUT2D eigenvalue weighted by Crippen LogP contribution is 2.36. The molecule has 34 heavy (non-hydrogen) atoms. The second-order valence-corrected chi connectivity index (χ2v) is 8.27. The molecule has 0 amide bonds. The molecule has 164 valence electrons. The van der Waals surface area contributed by atoms with Gasteiger partial charge in [0.15, 0.2) is 5.76 Å². The molecule has 2 aliphatic heterocycles. The number of carbonyl (C=O) groups is 1. The van der Waals surface area contributed by atoms with Gasteiger partial charge >= 0.3 is 5.97 Å². The monoisotopic (exact) mass is 442 g/mol. The summed E-state index contributed by atoms with van der Waals surface area (Å²) < 4.78 is 6.06. The lowest BCUT2D eigenvalue weighted by atomic mass is 9.93. The summed E-state index contributed by atoms with van der Waals surface area (Å²) >= 11 is 0. The Kier molecular flexibility index (Phi) is 4.96. The van der Waals surface area contributed by atoms with Gasteiger partial charge < -0.3 is 15.0 Å². The van der Waals surface area contributed by atoms with E-state index in [1.54, 1.807) is 12.1 Å². The maximum atomic E-state index is 13.1. The number of esters is 1. The highest BCUT2D eigenvalue weighted by molar-refractivity contribution is 5.92. The minimum atomic E-state index is -0.384. The maximum absolute atomic E-state index is 13.1. The standard InChI is InChI=1S/C30H22N2O2/c33-30(21-11-3-1-4-12-21)34-28-19-23(31-22-13-5-2-6-14-22)20-32-27-18-10-9-16-25(27)24-15-7-8-17-26(24)29(28)32/h1-15,17-20,31H,16H2. The van der Waals surface area contributed by atoms with Crippen LogP contribution in [0.2, 0.25) is 0 Å². The van der Waals surface area contributed by atoms with Gasteiger partial charge in [-0.05, 0) is 47.6 Å². The van der Waals surface area contributed by atoms with Crippen LogP contribution < -0.4 is 15.8 Å². The fourth-order valence-corrected chi connectivity index (χ4v) is 4.57. The third kappa shape index (κ3) is 3.55. The summed E-state index contributed by atoms with van der Waals surface area (Å²) in [5.74, 6) is 0.127. The number of hydrogen-bond donors (Lipinski definition) is 1. The molecular formula is C30H22N2O2. The molecule has 0 saturated carbocycles. The lowest BCUT2D eigenvalue weighted by molar-refractivity contribution is 0.0634. The van der Waals surface area contributed by atoms with Crippen molar-refractivity contribution in [2.45, 2.75) is 6.42 Å². The molecule has 1 aliphatic carbocycles. The highest BCUT2D eigenvalue weighted by atomic mass is 16.5. The van der Waals surface area contributed by atoms with Crippen molar-refractivity contribution in [1.82, 2.24) is 4.90 Å². The van der Waals surface area contributed by atoms with E-state index in [1.807, 2.05) is 60.7 Å². The lowest BCUT2D eigenvalue weighted by Gasteiger charge is -2.36. The number of benzene rings is 3. The van der Waals surface area contributed by atoms with E-state index < -0.39 is 0 Å². The number of nitrogens with one attached hydrogen (secondary N) is 1. The predicted molar refractivity (Wildman–Crippen MR) is 134 cm³/mol. The van der Waals surface area contributed by atoms with Crippen LogP contribution in [0.15, 0.2) is 133 Å². The third-order valence-corrected chi connectivity index (χ3v) is 6.09. The Balaban J connectivity index is 1.52. The Morgan fingerprint density at radius 2 is 1.56 bits per heavy atom. The molecule has 0 bridgehead atoms. The number of para-hydroxylation sites is 1. The van der Waals surface area contributed by atoms with Crippen LogP contribution in [-0.4, -0.2) is 10.9 Å². The van der Waals surface area contributed by atoms with Crippen LogP contribution in [0.1, 0.15) is 16.8 Å². The normalized spacial score (nSPS) is 15.9. The zero-order chi connectivity index (χ0) is 22.9. The first-order valence-corrected chi connectivity index (χ1v) is 11.3. The van der Waals surface area contributed by atoms with Crippen LogP contribution in [0.3, 0.4) is 0 Å². The highest BCUT2D eigenvalue weighted by Gasteiger charge is 2.30. The van der Waals surface area contributed by atoms with Gasteiger partial charge in [-0.25, -0.2) is 4.79 Å². The van der Waals surface area contributed by atoms with Gasteiger partial charge in [-0.2, -0.15) is 0 Å². The zero-order valence-electron chi connectivity index (χ0n) is 18.4. The van der Waals surface area contributed by atoms with Gasteiger partial charge in [-0.15, -0.1) is 0 Å². The van der Waals surface area contributed by atoms with Crippen LogP contribution in [0.4, 0.5) is 5.69 Å². The van der Waals surface area contributed by atoms with E-state index in [9.17, 15) is 4.79 Å². The first-order chi connectivity index (χ1) is 16.8. The lowest BCUT2D eigenvalue weighted by Crippen LogP contribution is -2.42. The summed E-state index contributed by atoms with van der Waals surface area (Å²) in [6.45, 7) is 0. The number of hydrogen-bond acceptors (Lipinski definition) is 4. The van der Waals surface area contributed by atoms with Crippen molar-refractivity contribution >= 4 is 22.9 Å². The minimum Gasteiger partial charge on any atom is -0.421 e. The van der Waals surface area contributed by atoms with Gasteiger partial charge in [0.2, 0.25) is 0 Å². The molecule has 0 fully saturated rings. The van der Waals surface area contributed by atoms with Crippen molar-refractivity contribution < 1.29 is 9.53 Å². The van der Waals surface area contributed by atoms with E-state index >= 15 is 0 Å². The Morgan fingerprint density at radius 1 is 0.853 bits per heavy atom. The fourth-order valence-electron chi connectivity index (χ4n) is 4.57. The fraction of sp³-hybridized carbons (Fsp3) is 0.0333. The van der Waals surface area contributed by atoms with E-state index in [2.05, 4.69) is 52.8 Å². The third-order valence-electron chi connectivity index (χ3n) is 6.09. The largest absolute Gasteiger partial charge is 0.421 e. The number of anilines is 1. The van der Waals surface area contributed by atoms with Gasteiger partial charge in [0.1, 0.15) is 0 Å². The van der Waals surface area contributed by atoms with Crippen molar-refractivity contribution in [3.05, 3.63) is 149 Å². The number of carbonyl (C=O) groups excluding carboxylic acids is 1. The average Bonchev–Trinajstić information content (AvgIpc) is 2.90. The van der Waals surface area contributed by atoms with Gasteiger partial charge in [0.05, 0.1) is 17.0 Å².